The van der Waals surface area contributed by atoms with Gasteiger partial charge in [0.05, 0.1) is 0 Å². The molecule has 1 unspecified atom stereocenters. The van der Waals surface area contributed by atoms with Crippen LogP contribution in [0.5, 0.6) is 0 Å². The van der Waals surface area contributed by atoms with E-state index in [-0.39, 0.29) is 5.91 Å². The van der Waals surface area contributed by atoms with Crippen LogP contribution in [0.3, 0.4) is 0 Å². The molecule has 1 aliphatic rings. The van der Waals surface area contributed by atoms with Crippen LogP contribution in [-0.2, 0) is 4.79 Å². The van der Waals surface area contributed by atoms with Gasteiger partial charge in [0, 0.05) is 18.7 Å². The predicted octanol–water partition coefficient (Wildman–Crippen LogP) is 1.94. The molecule has 1 N–H and O–H groups in total. The Hall–Kier alpha value is -0.830. The first-order valence-electron chi connectivity index (χ1n) is 6.25. The zero-order valence-electron chi connectivity index (χ0n) is 10.8. The minimum Gasteiger partial charge on any atom is -0.336 e. The van der Waals surface area contributed by atoms with Gasteiger partial charge in [-0.05, 0) is 53.1 Å². The van der Waals surface area contributed by atoms with Gasteiger partial charge in [-0.15, -0.1) is 0 Å². The summed E-state index contributed by atoms with van der Waals surface area (Å²) >= 11 is 0. The molecule has 1 fully saturated rings. The maximum absolute atomic E-state index is 12.0. The molecule has 1 amide bonds. The van der Waals surface area contributed by atoms with Gasteiger partial charge in [0.15, 0.2) is 0 Å². The SMILES string of the molecule is CNCCC1CCCCN1C(=O)C=C(C)C. The molecular weight excluding hydrogens is 200 g/mol. The van der Waals surface area contributed by atoms with E-state index in [1.807, 2.05) is 25.8 Å². The zero-order valence-corrected chi connectivity index (χ0v) is 10.8. The molecule has 16 heavy (non-hydrogen) atoms. The van der Waals surface area contributed by atoms with Gasteiger partial charge in [-0.1, -0.05) is 5.57 Å². The first kappa shape index (κ1) is 13.2. The highest BCUT2D eigenvalue weighted by molar-refractivity contribution is 5.88. The third kappa shape index (κ3) is 3.97. The standard InChI is InChI=1S/C13H24N2O/c1-11(2)10-13(16)15-9-5-4-6-12(15)7-8-14-3/h10,12,14H,4-9H2,1-3H3. The molecule has 0 bridgehead atoms. The summed E-state index contributed by atoms with van der Waals surface area (Å²) < 4.78 is 0. The molecule has 1 rings (SSSR count). The van der Waals surface area contributed by atoms with Crippen LogP contribution in [0.2, 0.25) is 0 Å². The molecule has 1 saturated heterocycles. The average Bonchev–Trinajstić information content (AvgIpc) is 2.25. The Kier molecular flexibility index (Phi) is 5.53. The summed E-state index contributed by atoms with van der Waals surface area (Å²) in [6, 6.07) is 0.435. The van der Waals surface area contributed by atoms with E-state index in [0.29, 0.717) is 6.04 Å². The summed E-state index contributed by atoms with van der Waals surface area (Å²) in [6.45, 7) is 5.87. The van der Waals surface area contributed by atoms with Gasteiger partial charge in [-0.25, -0.2) is 0 Å². The Morgan fingerprint density at radius 2 is 2.19 bits per heavy atom. The molecule has 1 atom stereocenters. The van der Waals surface area contributed by atoms with Crippen molar-refractivity contribution in [3.63, 3.8) is 0 Å². The number of carbonyl (C=O) groups excluding carboxylic acids is 1. The van der Waals surface area contributed by atoms with Gasteiger partial charge >= 0.3 is 0 Å². The van der Waals surface area contributed by atoms with Crippen LogP contribution >= 0.6 is 0 Å². The lowest BCUT2D eigenvalue weighted by Gasteiger charge is -2.35. The lowest BCUT2D eigenvalue weighted by molar-refractivity contribution is -0.129. The molecule has 3 nitrogen and oxygen atoms in total. The Morgan fingerprint density at radius 1 is 1.44 bits per heavy atom. The van der Waals surface area contributed by atoms with Crippen molar-refractivity contribution in [3.8, 4) is 0 Å². The highest BCUT2D eigenvalue weighted by atomic mass is 16.2. The van der Waals surface area contributed by atoms with Crippen molar-refractivity contribution in [2.75, 3.05) is 20.1 Å². The van der Waals surface area contributed by atoms with Crippen molar-refractivity contribution >= 4 is 5.91 Å². The highest BCUT2D eigenvalue weighted by Gasteiger charge is 2.24. The quantitative estimate of drug-likeness (QED) is 0.740. The third-order valence-electron chi connectivity index (χ3n) is 3.05. The van der Waals surface area contributed by atoms with Crippen molar-refractivity contribution in [1.82, 2.24) is 10.2 Å². The number of nitrogens with zero attached hydrogens (tertiary/aromatic N) is 1. The Morgan fingerprint density at radius 3 is 2.81 bits per heavy atom. The van der Waals surface area contributed by atoms with E-state index in [1.165, 1.54) is 6.42 Å². The van der Waals surface area contributed by atoms with Crippen LogP contribution in [0.1, 0.15) is 39.5 Å². The lowest BCUT2D eigenvalue weighted by Crippen LogP contribution is -2.44. The van der Waals surface area contributed by atoms with Gasteiger partial charge in [0.2, 0.25) is 5.91 Å². The fourth-order valence-electron chi connectivity index (χ4n) is 2.23. The van der Waals surface area contributed by atoms with Gasteiger partial charge < -0.3 is 10.2 Å². The number of nitrogens with one attached hydrogen (secondary N) is 1. The summed E-state index contributed by atoms with van der Waals surface area (Å²) in [5.41, 5.74) is 1.09. The van der Waals surface area contributed by atoms with Crippen molar-refractivity contribution < 1.29 is 4.79 Å². The largest absolute Gasteiger partial charge is 0.336 e. The minimum absolute atomic E-state index is 0.195. The summed E-state index contributed by atoms with van der Waals surface area (Å²) in [5, 5.41) is 3.16. The number of piperidine rings is 1. The lowest BCUT2D eigenvalue weighted by atomic mass is 9.99. The number of hydrogen-bond acceptors (Lipinski definition) is 2. The Bertz CT molecular complexity index is 257. The summed E-state index contributed by atoms with van der Waals surface area (Å²) in [5.74, 6) is 0.195. The molecule has 0 aliphatic carbocycles. The van der Waals surface area contributed by atoms with E-state index >= 15 is 0 Å². The second-order valence-corrected chi connectivity index (χ2v) is 4.80. The second-order valence-electron chi connectivity index (χ2n) is 4.80. The summed E-state index contributed by atoms with van der Waals surface area (Å²) in [7, 11) is 1.96. The molecule has 1 heterocycles. The fourth-order valence-corrected chi connectivity index (χ4v) is 2.23. The number of rotatable bonds is 4. The summed E-state index contributed by atoms with van der Waals surface area (Å²) in [4.78, 5) is 14.1. The van der Waals surface area contributed by atoms with E-state index in [4.69, 9.17) is 0 Å². The fraction of sp³-hybridized carbons (Fsp3) is 0.769. The van der Waals surface area contributed by atoms with Crippen molar-refractivity contribution in [2.45, 2.75) is 45.6 Å². The number of allylic oxidation sites excluding steroid dienone is 1. The average molecular weight is 224 g/mol. The van der Waals surface area contributed by atoms with E-state index in [2.05, 4.69) is 5.32 Å². The van der Waals surface area contributed by atoms with Gasteiger partial charge in [0.25, 0.3) is 0 Å². The topological polar surface area (TPSA) is 32.3 Å². The molecule has 0 radical (unpaired) electrons. The van der Waals surface area contributed by atoms with Crippen LogP contribution in [0, 0.1) is 0 Å². The highest BCUT2D eigenvalue weighted by Crippen LogP contribution is 2.20. The molecule has 3 heteroatoms. The number of carbonyl (C=O) groups is 1. The Balaban J connectivity index is 2.59. The maximum atomic E-state index is 12.0. The monoisotopic (exact) mass is 224 g/mol. The van der Waals surface area contributed by atoms with E-state index < -0.39 is 0 Å². The molecular formula is C13H24N2O. The van der Waals surface area contributed by atoms with Crippen molar-refractivity contribution in [3.05, 3.63) is 11.6 Å². The first-order valence-corrected chi connectivity index (χ1v) is 6.25. The minimum atomic E-state index is 0.195. The second kappa shape index (κ2) is 6.69. The molecule has 92 valence electrons. The molecule has 1 aliphatic heterocycles. The van der Waals surface area contributed by atoms with Crippen LogP contribution in [0.25, 0.3) is 0 Å². The first-order chi connectivity index (χ1) is 7.65. The maximum Gasteiger partial charge on any atom is 0.246 e. The van der Waals surface area contributed by atoms with E-state index in [0.717, 1.165) is 37.9 Å². The molecule has 0 saturated carbocycles. The Labute approximate surface area is 98.9 Å². The zero-order chi connectivity index (χ0) is 12.0. The predicted molar refractivity (Wildman–Crippen MR) is 67.3 cm³/mol. The van der Waals surface area contributed by atoms with Crippen LogP contribution in [-0.4, -0.2) is 37.0 Å². The number of amides is 1. The van der Waals surface area contributed by atoms with Crippen molar-refractivity contribution in [2.24, 2.45) is 0 Å². The van der Waals surface area contributed by atoms with Gasteiger partial charge in [0.1, 0.15) is 0 Å². The number of hydrogen-bond donors (Lipinski definition) is 1. The van der Waals surface area contributed by atoms with Crippen LogP contribution in [0.15, 0.2) is 11.6 Å². The molecule has 0 aromatic carbocycles. The molecule has 0 aromatic heterocycles. The van der Waals surface area contributed by atoms with Crippen LogP contribution < -0.4 is 5.32 Å². The smallest absolute Gasteiger partial charge is 0.246 e. The number of likely N-dealkylation sites (tertiary alicyclic amines) is 1. The normalized spacial score (nSPS) is 20.7. The van der Waals surface area contributed by atoms with Crippen LogP contribution in [0.4, 0.5) is 0 Å². The molecule has 0 aromatic rings. The summed E-state index contributed by atoms with van der Waals surface area (Å²) in [6.07, 6.45) is 6.39. The van der Waals surface area contributed by atoms with E-state index in [9.17, 15) is 4.79 Å². The third-order valence-corrected chi connectivity index (χ3v) is 3.05. The van der Waals surface area contributed by atoms with Crippen molar-refractivity contribution in [1.29, 1.82) is 0 Å². The van der Waals surface area contributed by atoms with Gasteiger partial charge in [-0.2, -0.15) is 0 Å². The molecule has 0 spiro atoms. The van der Waals surface area contributed by atoms with E-state index in [1.54, 1.807) is 6.08 Å². The van der Waals surface area contributed by atoms with Gasteiger partial charge in [-0.3, -0.25) is 4.79 Å².